The van der Waals surface area contributed by atoms with Gasteiger partial charge in [0, 0.05) is 0 Å². The summed E-state index contributed by atoms with van der Waals surface area (Å²) in [7, 11) is 0. The maximum absolute atomic E-state index is 12.1. The third-order valence-corrected chi connectivity index (χ3v) is 4.47. The highest BCUT2D eigenvalue weighted by molar-refractivity contribution is 8.00. The number of carboxylic acids is 1. The van der Waals surface area contributed by atoms with Crippen molar-refractivity contribution in [2.24, 2.45) is 5.92 Å². The van der Waals surface area contributed by atoms with Crippen molar-refractivity contribution in [3.63, 3.8) is 0 Å². The van der Waals surface area contributed by atoms with Crippen molar-refractivity contribution in [1.29, 1.82) is 0 Å². The highest BCUT2D eigenvalue weighted by Gasteiger charge is 2.29. The van der Waals surface area contributed by atoms with Gasteiger partial charge in [0.1, 0.15) is 6.54 Å². The number of aliphatic carboxylic acids is 1. The molecule has 2 atom stereocenters. The Bertz CT molecular complexity index is 564. The minimum atomic E-state index is -0.984. The van der Waals surface area contributed by atoms with Gasteiger partial charge in [0.2, 0.25) is 11.8 Å². The summed E-state index contributed by atoms with van der Waals surface area (Å²) in [5, 5.41) is 12.0. The molecule has 1 aromatic carbocycles. The van der Waals surface area contributed by atoms with Gasteiger partial charge in [-0.25, -0.2) is 0 Å². The summed E-state index contributed by atoms with van der Waals surface area (Å²) in [6, 6.07) is 8.35. The molecule has 22 heavy (non-hydrogen) atoms. The maximum atomic E-state index is 12.1. The average molecular weight is 322 g/mol. The van der Waals surface area contributed by atoms with E-state index in [0.717, 1.165) is 5.56 Å². The molecule has 1 heterocycles. The summed E-state index contributed by atoms with van der Waals surface area (Å²) >= 11 is 1.46. The third kappa shape index (κ3) is 4.00. The van der Waals surface area contributed by atoms with Crippen LogP contribution in [0, 0.1) is 5.92 Å². The summed E-state index contributed by atoms with van der Waals surface area (Å²) in [6.07, 6.45) is 0. The maximum Gasteiger partial charge on any atom is 0.308 e. The summed E-state index contributed by atoms with van der Waals surface area (Å²) in [4.78, 5) is 36.4. The van der Waals surface area contributed by atoms with Gasteiger partial charge in [0.25, 0.3) is 0 Å². The molecule has 118 valence electrons. The van der Waals surface area contributed by atoms with Crippen LogP contribution in [-0.4, -0.2) is 46.0 Å². The predicted octanol–water partition coefficient (Wildman–Crippen LogP) is 1.10. The first-order valence-corrected chi connectivity index (χ1v) is 8.07. The van der Waals surface area contributed by atoms with E-state index >= 15 is 0 Å². The normalized spacial score (nSPS) is 17.1. The first kappa shape index (κ1) is 16.4. The van der Waals surface area contributed by atoms with Gasteiger partial charge in [-0.1, -0.05) is 30.3 Å². The van der Waals surface area contributed by atoms with Crippen molar-refractivity contribution in [1.82, 2.24) is 10.2 Å². The molecule has 0 aliphatic carbocycles. The number of rotatable bonds is 6. The second-order valence-corrected chi connectivity index (χ2v) is 6.11. The summed E-state index contributed by atoms with van der Waals surface area (Å²) in [5.74, 6) is -1.28. The second-order valence-electron chi connectivity index (χ2n) is 5.15. The molecule has 0 aromatic heterocycles. The van der Waals surface area contributed by atoms with Gasteiger partial charge in [-0.3, -0.25) is 14.4 Å². The highest BCUT2D eigenvalue weighted by Crippen LogP contribution is 2.22. The van der Waals surface area contributed by atoms with Gasteiger partial charge in [-0.05, 0) is 12.5 Å². The molecule has 1 aliphatic rings. The van der Waals surface area contributed by atoms with Crippen LogP contribution in [0.4, 0.5) is 0 Å². The van der Waals surface area contributed by atoms with E-state index in [4.69, 9.17) is 0 Å². The molecule has 2 rings (SSSR count). The minimum Gasteiger partial charge on any atom is -0.481 e. The first-order valence-electron chi connectivity index (χ1n) is 6.91. The lowest BCUT2D eigenvalue weighted by molar-refractivity contribution is -0.142. The SMILES string of the molecule is CC(C(=O)O)C(NC(=O)CN1CSCC1=O)c1ccccc1. The molecule has 6 nitrogen and oxygen atoms in total. The Balaban J connectivity index is 2.07. The van der Waals surface area contributed by atoms with Crippen molar-refractivity contribution in [3.8, 4) is 0 Å². The van der Waals surface area contributed by atoms with Crippen LogP contribution in [0.1, 0.15) is 18.5 Å². The standard InChI is InChI=1S/C15H18N2O4S/c1-10(15(20)21)14(11-5-3-2-4-6-11)16-12(18)7-17-9-22-8-13(17)19/h2-6,10,14H,7-9H2,1H3,(H,16,18)(H,20,21). The third-order valence-electron chi connectivity index (χ3n) is 3.52. The van der Waals surface area contributed by atoms with Crippen molar-refractivity contribution in [3.05, 3.63) is 35.9 Å². The molecule has 0 spiro atoms. The van der Waals surface area contributed by atoms with Crippen molar-refractivity contribution in [2.75, 3.05) is 18.2 Å². The monoisotopic (exact) mass is 322 g/mol. The van der Waals surface area contributed by atoms with Crippen LogP contribution in [0.2, 0.25) is 0 Å². The molecule has 1 saturated heterocycles. The lowest BCUT2D eigenvalue weighted by Gasteiger charge is -2.24. The Labute approximate surface area is 132 Å². The Hall–Kier alpha value is -2.02. The molecule has 0 radical (unpaired) electrons. The van der Waals surface area contributed by atoms with Crippen molar-refractivity contribution in [2.45, 2.75) is 13.0 Å². The van der Waals surface area contributed by atoms with E-state index < -0.39 is 17.9 Å². The number of amides is 2. The Morgan fingerprint density at radius 3 is 2.59 bits per heavy atom. The number of carbonyl (C=O) groups is 3. The second kappa shape index (κ2) is 7.31. The molecule has 1 fully saturated rings. The average Bonchev–Trinajstić information content (AvgIpc) is 2.90. The number of nitrogens with zero attached hydrogens (tertiary/aromatic N) is 1. The van der Waals surface area contributed by atoms with E-state index in [9.17, 15) is 19.5 Å². The molecular weight excluding hydrogens is 304 g/mol. The lowest BCUT2D eigenvalue weighted by Crippen LogP contribution is -2.42. The van der Waals surface area contributed by atoms with Crippen LogP contribution in [0.3, 0.4) is 0 Å². The zero-order valence-electron chi connectivity index (χ0n) is 12.2. The molecule has 1 aliphatic heterocycles. The number of benzene rings is 1. The molecular formula is C15H18N2O4S. The zero-order chi connectivity index (χ0) is 16.1. The van der Waals surface area contributed by atoms with Gasteiger partial charge in [0.05, 0.1) is 23.6 Å². The Kier molecular flexibility index (Phi) is 5.43. The highest BCUT2D eigenvalue weighted by atomic mass is 32.2. The van der Waals surface area contributed by atoms with E-state index in [-0.39, 0.29) is 18.4 Å². The van der Waals surface area contributed by atoms with Gasteiger partial charge in [0.15, 0.2) is 0 Å². The van der Waals surface area contributed by atoms with Gasteiger partial charge >= 0.3 is 5.97 Å². The molecule has 1 aromatic rings. The van der Waals surface area contributed by atoms with E-state index in [1.165, 1.54) is 16.7 Å². The van der Waals surface area contributed by atoms with Crippen LogP contribution in [0.5, 0.6) is 0 Å². The number of nitrogens with one attached hydrogen (secondary N) is 1. The van der Waals surface area contributed by atoms with E-state index in [0.29, 0.717) is 11.6 Å². The van der Waals surface area contributed by atoms with Gasteiger partial charge in [-0.15, -0.1) is 11.8 Å². The first-order chi connectivity index (χ1) is 10.5. The van der Waals surface area contributed by atoms with Crippen LogP contribution >= 0.6 is 11.8 Å². The molecule has 2 unspecified atom stereocenters. The topological polar surface area (TPSA) is 86.7 Å². The number of carboxylic acid groups (broad SMARTS) is 1. The fourth-order valence-electron chi connectivity index (χ4n) is 2.23. The van der Waals surface area contributed by atoms with Gasteiger partial charge in [-0.2, -0.15) is 0 Å². The van der Waals surface area contributed by atoms with Crippen LogP contribution in [-0.2, 0) is 14.4 Å². The van der Waals surface area contributed by atoms with Gasteiger partial charge < -0.3 is 15.3 Å². The predicted molar refractivity (Wildman–Crippen MR) is 83.2 cm³/mol. The molecule has 2 amide bonds. The van der Waals surface area contributed by atoms with Crippen LogP contribution in [0.15, 0.2) is 30.3 Å². The molecule has 0 bridgehead atoms. The summed E-state index contributed by atoms with van der Waals surface area (Å²) in [5.41, 5.74) is 0.730. The number of thioether (sulfide) groups is 1. The minimum absolute atomic E-state index is 0.0402. The molecule has 2 N–H and O–H groups in total. The van der Waals surface area contributed by atoms with Crippen molar-refractivity contribution >= 4 is 29.5 Å². The fraction of sp³-hybridized carbons (Fsp3) is 0.400. The van der Waals surface area contributed by atoms with Crippen molar-refractivity contribution < 1.29 is 19.5 Å². The van der Waals surface area contributed by atoms with E-state index in [1.54, 1.807) is 31.2 Å². The lowest BCUT2D eigenvalue weighted by atomic mass is 9.94. The number of hydrogen-bond acceptors (Lipinski definition) is 4. The number of carbonyl (C=O) groups excluding carboxylic acids is 2. The summed E-state index contributed by atoms with van der Waals surface area (Å²) < 4.78 is 0. The Morgan fingerprint density at radius 1 is 1.36 bits per heavy atom. The zero-order valence-corrected chi connectivity index (χ0v) is 13.0. The fourth-order valence-corrected chi connectivity index (χ4v) is 3.14. The van der Waals surface area contributed by atoms with Crippen LogP contribution in [0.25, 0.3) is 0 Å². The summed E-state index contributed by atoms with van der Waals surface area (Å²) in [6.45, 7) is 1.51. The largest absolute Gasteiger partial charge is 0.481 e. The quantitative estimate of drug-likeness (QED) is 0.819. The number of hydrogen-bond donors (Lipinski definition) is 2. The van der Waals surface area contributed by atoms with Crippen LogP contribution < -0.4 is 5.32 Å². The Morgan fingerprint density at radius 2 is 2.05 bits per heavy atom. The van der Waals surface area contributed by atoms with E-state index in [2.05, 4.69) is 5.32 Å². The molecule has 7 heteroatoms. The molecule has 0 saturated carbocycles. The smallest absolute Gasteiger partial charge is 0.308 e. The van der Waals surface area contributed by atoms with E-state index in [1.807, 2.05) is 6.07 Å².